The Balaban J connectivity index is 2.43. The molecular formula is C11H15BrN2O3S2. The number of aliphatic hydroxyl groups excluding tert-OH is 1. The molecule has 1 saturated heterocycles. The van der Waals surface area contributed by atoms with E-state index in [0.717, 1.165) is 10.2 Å². The van der Waals surface area contributed by atoms with Crippen molar-refractivity contribution >= 4 is 43.3 Å². The van der Waals surface area contributed by atoms with Crippen LogP contribution in [0.4, 0.5) is 5.82 Å². The van der Waals surface area contributed by atoms with Gasteiger partial charge in [0.15, 0.2) is 9.84 Å². The Kier molecular flexibility index (Phi) is 4.75. The topological polar surface area (TPSA) is 70.5 Å². The molecule has 0 amide bonds. The third-order valence-corrected chi connectivity index (χ3v) is 6.01. The molecule has 1 N–H and O–H groups in total. The van der Waals surface area contributed by atoms with Gasteiger partial charge in [0.1, 0.15) is 11.2 Å². The number of aromatic nitrogens is 1. The molecule has 1 atom stereocenters. The number of hydrogen-bond donors (Lipinski definition) is 1. The summed E-state index contributed by atoms with van der Waals surface area (Å²) in [6.07, 6.45) is 2.86. The van der Waals surface area contributed by atoms with Crippen molar-refractivity contribution in [3.05, 3.63) is 22.3 Å². The third-order valence-electron chi connectivity index (χ3n) is 2.93. The maximum Gasteiger partial charge on any atom is 0.169 e. The first-order valence-electron chi connectivity index (χ1n) is 5.72. The van der Waals surface area contributed by atoms with E-state index in [1.807, 2.05) is 0 Å². The number of nitrogens with zero attached hydrogens (tertiary/aromatic N) is 2. The second-order valence-corrected chi connectivity index (χ2v) is 8.62. The highest BCUT2D eigenvalue weighted by atomic mass is 79.9. The average molecular weight is 367 g/mol. The van der Waals surface area contributed by atoms with Crippen LogP contribution in [0.2, 0.25) is 0 Å². The summed E-state index contributed by atoms with van der Waals surface area (Å²) in [6.45, 7) is 0.450. The van der Waals surface area contributed by atoms with Crippen molar-refractivity contribution in [3.8, 4) is 0 Å². The van der Waals surface area contributed by atoms with Crippen molar-refractivity contribution in [2.24, 2.45) is 0 Å². The zero-order valence-electron chi connectivity index (χ0n) is 10.4. The van der Waals surface area contributed by atoms with Crippen LogP contribution in [0.5, 0.6) is 0 Å². The number of halogens is 1. The number of sulfone groups is 1. The van der Waals surface area contributed by atoms with E-state index >= 15 is 0 Å². The molecule has 1 aromatic rings. The Labute approximate surface area is 125 Å². The zero-order chi connectivity index (χ0) is 14.0. The fourth-order valence-electron chi connectivity index (χ4n) is 2.03. The van der Waals surface area contributed by atoms with Crippen molar-refractivity contribution in [3.63, 3.8) is 0 Å². The first-order chi connectivity index (χ1) is 8.93. The molecule has 5 nitrogen and oxygen atoms in total. The molecule has 1 unspecified atom stereocenters. The lowest BCUT2D eigenvalue weighted by Gasteiger charge is -2.35. The lowest BCUT2D eigenvalue weighted by atomic mass is 10.2. The predicted molar refractivity (Wildman–Crippen MR) is 81.2 cm³/mol. The van der Waals surface area contributed by atoms with E-state index in [1.165, 1.54) is 6.26 Å². The van der Waals surface area contributed by atoms with Gasteiger partial charge in [0.05, 0.1) is 6.61 Å². The zero-order valence-corrected chi connectivity index (χ0v) is 13.6. The summed E-state index contributed by atoms with van der Waals surface area (Å²) in [5.74, 6) is 1.94. The van der Waals surface area contributed by atoms with Gasteiger partial charge in [-0.3, -0.25) is 0 Å². The number of thioether (sulfide) groups is 1. The molecule has 106 valence electrons. The quantitative estimate of drug-likeness (QED) is 0.868. The van der Waals surface area contributed by atoms with Gasteiger partial charge >= 0.3 is 0 Å². The minimum absolute atomic E-state index is 0.165. The summed E-state index contributed by atoms with van der Waals surface area (Å²) in [4.78, 5) is 6.06. The van der Waals surface area contributed by atoms with Crippen molar-refractivity contribution in [2.45, 2.75) is 12.0 Å². The number of aliphatic hydroxyl groups is 1. The van der Waals surface area contributed by atoms with Crippen molar-refractivity contribution in [1.29, 1.82) is 0 Å². The summed E-state index contributed by atoms with van der Waals surface area (Å²) < 4.78 is 24.5. The minimum Gasteiger partial charge on any atom is -0.392 e. The highest BCUT2D eigenvalue weighted by Crippen LogP contribution is 2.29. The van der Waals surface area contributed by atoms with E-state index in [9.17, 15) is 13.5 Å². The van der Waals surface area contributed by atoms with Crippen LogP contribution in [0.15, 0.2) is 16.7 Å². The van der Waals surface area contributed by atoms with E-state index in [0.29, 0.717) is 23.7 Å². The summed E-state index contributed by atoms with van der Waals surface area (Å²) in [5, 5.41) is 8.84. The second kappa shape index (κ2) is 5.99. The van der Waals surface area contributed by atoms with Crippen LogP contribution in [0, 0.1) is 0 Å². The summed E-state index contributed by atoms with van der Waals surface area (Å²) >= 11 is 4.93. The van der Waals surface area contributed by atoms with E-state index in [4.69, 9.17) is 0 Å². The Hall–Kier alpha value is -0.310. The smallest absolute Gasteiger partial charge is 0.169 e. The Bertz CT molecular complexity index is 565. The molecule has 1 fully saturated rings. The molecule has 8 heteroatoms. The summed E-state index contributed by atoms with van der Waals surface area (Å²) in [5.41, 5.74) is 0.634. The van der Waals surface area contributed by atoms with E-state index < -0.39 is 15.2 Å². The van der Waals surface area contributed by atoms with E-state index in [2.05, 4.69) is 20.9 Å². The molecule has 1 aliphatic rings. The van der Waals surface area contributed by atoms with Gasteiger partial charge in [-0.1, -0.05) is 0 Å². The standard InChI is InChI=1S/C11H15BrN2O3S2/c1-19(16,17)10-7-18-3-2-14(10)11-8(6-15)4-9(12)5-13-11/h4-5,10,15H,2-3,6-7H2,1H3. The lowest BCUT2D eigenvalue weighted by Crippen LogP contribution is -2.47. The van der Waals surface area contributed by atoms with Crippen LogP contribution >= 0.6 is 27.7 Å². The van der Waals surface area contributed by atoms with Crippen LogP contribution in [-0.2, 0) is 16.4 Å². The van der Waals surface area contributed by atoms with Gasteiger partial charge in [0.25, 0.3) is 0 Å². The molecule has 0 saturated carbocycles. The highest BCUT2D eigenvalue weighted by molar-refractivity contribution is 9.10. The van der Waals surface area contributed by atoms with Gasteiger partial charge < -0.3 is 10.0 Å². The van der Waals surface area contributed by atoms with Gasteiger partial charge in [-0.2, -0.15) is 11.8 Å². The predicted octanol–water partition coefficient (Wildman–Crippen LogP) is 1.26. The molecule has 0 spiro atoms. The fraction of sp³-hybridized carbons (Fsp3) is 0.545. The first kappa shape index (κ1) is 15.1. The average Bonchev–Trinajstić information content (AvgIpc) is 2.37. The normalized spacial score (nSPS) is 20.6. The lowest BCUT2D eigenvalue weighted by molar-refractivity contribution is 0.281. The van der Waals surface area contributed by atoms with Gasteiger partial charge in [-0.05, 0) is 22.0 Å². The van der Waals surface area contributed by atoms with Gasteiger partial charge in [0, 0.05) is 40.5 Å². The molecule has 2 rings (SSSR count). The van der Waals surface area contributed by atoms with Gasteiger partial charge in [0.2, 0.25) is 0 Å². The minimum atomic E-state index is -3.19. The summed E-state index contributed by atoms with van der Waals surface area (Å²) in [7, 11) is -3.19. The second-order valence-electron chi connectivity index (χ2n) is 4.35. The Morgan fingerprint density at radius 1 is 1.63 bits per heavy atom. The van der Waals surface area contributed by atoms with Gasteiger partial charge in [-0.25, -0.2) is 13.4 Å². The molecule has 0 bridgehead atoms. The molecule has 0 aliphatic carbocycles. The maximum atomic E-state index is 11.9. The van der Waals surface area contributed by atoms with Crippen LogP contribution in [0.25, 0.3) is 0 Å². The number of pyridine rings is 1. The van der Waals surface area contributed by atoms with Crippen LogP contribution in [0.3, 0.4) is 0 Å². The third kappa shape index (κ3) is 3.42. The number of hydrogen-bond acceptors (Lipinski definition) is 6. The van der Waals surface area contributed by atoms with Gasteiger partial charge in [-0.15, -0.1) is 0 Å². The van der Waals surface area contributed by atoms with Crippen LogP contribution in [0.1, 0.15) is 5.56 Å². The molecule has 0 aromatic carbocycles. The Morgan fingerprint density at radius 2 is 2.37 bits per heavy atom. The fourth-order valence-corrected chi connectivity index (χ4v) is 5.22. The SMILES string of the molecule is CS(=O)(=O)C1CSCCN1c1ncc(Br)cc1CO. The first-order valence-corrected chi connectivity index (χ1v) is 9.62. The van der Waals surface area contributed by atoms with E-state index in [-0.39, 0.29) is 6.61 Å². The molecule has 0 radical (unpaired) electrons. The molecule has 1 aliphatic heterocycles. The van der Waals surface area contributed by atoms with Crippen LogP contribution < -0.4 is 4.90 Å². The van der Waals surface area contributed by atoms with Crippen molar-refractivity contribution in [2.75, 3.05) is 29.2 Å². The van der Waals surface area contributed by atoms with Crippen molar-refractivity contribution < 1.29 is 13.5 Å². The van der Waals surface area contributed by atoms with Crippen LogP contribution in [-0.4, -0.2) is 48.2 Å². The number of rotatable bonds is 3. The molecule has 19 heavy (non-hydrogen) atoms. The molecule has 2 heterocycles. The molecular weight excluding hydrogens is 352 g/mol. The Morgan fingerprint density at radius 3 is 3.00 bits per heavy atom. The monoisotopic (exact) mass is 366 g/mol. The molecule has 1 aromatic heterocycles. The maximum absolute atomic E-state index is 11.9. The van der Waals surface area contributed by atoms with Crippen molar-refractivity contribution in [1.82, 2.24) is 4.98 Å². The highest BCUT2D eigenvalue weighted by Gasteiger charge is 2.32. The number of anilines is 1. The summed E-state index contributed by atoms with van der Waals surface area (Å²) in [6, 6.07) is 1.77. The van der Waals surface area contributed by atoms with E-state index in [1.54, 1.807) is 28.9 Å². The largest absolute Gasteiger partial charge is 0.392 e.